The fraction of sp³-hybridized carbons (Fsp3) is 0.625. The van der Waals surface area contributed by atoms with Crippen molar-refractivity contribution in [2.24, 2.45) is 0 Å². The Morgan fingerprint density at radius 1 is 1.11 bits per heavy atom. The molecule has 2 rings (SSSR count). The lowest BCUT2D eigenvalue weighted by Crippen LogP contribution is -2.35. The molecule has 1 aromatic rings. The van der Waals surface area contributed by atoms with Crippen LogP contribution in [0.2, 0.25) is 0 Å². The molecule has 0 unspecified atom stereocenters. The van der Waals surface area contributed by atoms with Gasteiger partial charge in [-0.1, -0.05) is 18.6 Å². The topological polar surface area (TPSA) is 24.5 Å². The van der Waals surface area contributed by atoms with E-state index in [0.717, 1.165) is 25.4 Å². The van der Waals surface area contributed by atoms with Crippen molar-refractivity contribution in [2.75, 3.05) is 32.8 Å². The highest BCUT2D eigenvalue weighted by molar-refractivity contribution is 5.27. The molecule has 0 aliphatic carbocycles. The summed E-state index contributed by atoms with van der Waals surface area (Å²) in [5.41, 5.74) is 1.32. The first kappa shape index (κ1) is 14.4. The van der Waals surface area contributed by atoms with Crippen molar-refractivity contribution >= 4 is 0 Å². The fourth-order valence-corrected chi connectivity index (χ4v) is 2.52. The van der Waals surface area contributed by atoms with Crippen LogP contribution in [0.1, 0.15) is 31.7 Å². The van der Waals surface area contributed by atoms with Gasteiger partial charge >= 0.3 is 0 Å². The Labute approximate surface area is 116 Å². The number of rotatable bonds is 7. The maximum atomic E-state index is 5.44. The van der Waals surface area contributed by atoms with E-state index in [0.29, 0.717) is 0 Å². The molecule has 1 aromatic carbocycles. The number of likely N-dealkylation sites (tertiary alicyclic amines) is 1. The minimum atomic E-state index is 0.730. The SMILES string of the molecule is CCOc1ccc(CNCCN2CCCCC2)cc1. The Morgan fingerprint density at radius 3 is 2.53 bits per heavy atom. The normalized spacial score (nSPS) is 16.5. The predicted molar refractivity (Wildman–Crippen MR) is 79.6 cm³/mol. The second kappa shape index (κ2) is 8.18. The Morgan fingerprint density at radius 2 is 1.84 bits per heavy atom. The molecule has 1 saturated heterocycles. The van der Waals surface area contributed by atoms with Gasteiger partial charge in [0.2, 0.25) is 0 Å². The molecule has 1 heterocycles. The van der Waals surface area contributed by atoms with E-state index in [2.05, 4.69) is 22.3 Å². The zero-order valence-electron chi connectivity index (χ0n) is 12.0. The van der Waals surface area contributed by atoms with Crippen LogP contribution < -0.4 is 10.1 Å². The van der Waals surface area contributed by atoms with Gasteiger partial charge in [0.15, 0.2) is 0 Å². The number of nitrogens with zero attached hydrogens (tertiary/aromatic N) is 1. The van der Waals surface area contributed by atoms with E-state index in [1.807, 2.05) is 19.1 Å². The highest BCUT2D eigenvalue weighted by Gasteiger charge is 2.08. The second-order valence-corrected chi connectivity index (χ2v) is 5.16. The Balaban J connectivity index is 1.62. The van der Waals surface area contributed by atoms with Gasteiger partial charge < -0.3 is 15.0 Å². The number of nitrogens with one attached hydrogen (secondary N) is 1. The third-order valence-electron chi connectivity index (χ3n) is 3.62. The summed E-state index contributed by atoms with van der Waals surface area (Å²) < 4.78 is 5.44. The summed E-state index contributed by atoms with van der Waals surface area (Å²) in [7, 11) is 0. The highest BCUT2D eigenvalue weighted by atomic mass is 16.5. The summed E-state index contributed by atoms with van der Waals surface area (Å²) in [5.74, 6) is 0.958. The van der Waals surface area contributed by atoms with Crippen LogP contribution in [0.15, 0.2) is 24.3 Å². The van der Waals surface area contributed by atoms with Gasteiger partial charge in [0, 0.05) is 19.6 Å². The Bertz CT molecular complexity index is 344. The van der Waals surface area contributed by atoms with E-state index in [1.165, 1.54) is 44.5 Å². The molecule has 106 valence electrons. The molecule has 1 aliphatic rings. The van der Waals surface area contributed by atoms with Crippen molar-refractivity contribution in [3.05, 3.63) is 29.8 Å². The summed E-state index contributed by atoms with van der Waals surface area (Å²) in [5, 5.41) is 3.52. The summed E-state index contributed by atoms with van der Waals surface area (Å²) >= 11 is 0. The van der Waals surface area contributed by atoms with E-state index < -0.39 is 0 Å². The second-order valence-electron chi connectivity index (χ2n) is 5.16. The van der Waals surface area contributed by atoms with Crippen LogP contribution in [0.3, 0.4) is 0 Å². The minimum Gasteiger partial charge on any atom is -0.494 e. The van der Waals surface area contributed by atoms with Crippen LogP contribution in [0, 0.1) is 0 Å². The van der Waals surface area contributed by atoms with Gasteiger partial charge in [-0.15, -0.1) is 0 Å². The lowest BCUT2D eigenvalue weighted by Gasteiger charge is -2.26. The van der Waals surface area contributed by atoms with Crippen LogP contribution >= 0.6 is 0 Å². The standard InChI is InChI=1S/C16H26N2O/c1-2-19-16-8-6-15(7-9-16)14-17-10-13-18-11-4-3-5-12-18/h6-9,17H,2-5,10-14H2,1H3. The maximum Gasteiger partial charge on any atom is 0.119 e. The molecule has 1 N–H and O–H groups in total. The third kappa shape index (κ3) is 5.21. The smallest absolute Gasteiger partial charge is 0.119 e. The van der Waals surface area contributed by atoms with Gasteiger partial charge in [-0.3, -0.25) is 0 Å². The molecule has 0 radical (unpaired) electrons. The highest BCUT2D eigenvalue weighted by Crippen LogP contribution is 2.12. The number of hydrogen-bond acceptors (Lipinski definition) is 3. The quantitative estimate of drug-likeness (QED) is 0.765. The molecule has 3 heteroatoms. The van der Waals surface area contributed by atoms with Gasteiger partial charge in [-0.2, -0.15) is 0 Å². The van der Waals surface area contributed by atoms with Crippen LogP contribution in [0.25, 0.3) is 0 Å². The van der Waals surface area contributed by atoms with Crippen LogP contribution in [0.5, 0.6) is 5.75 Å². The summed E-state index contributed by atoms with van der Waals surface area (Å²) in [6.07, 6.45) is 4.16. The van der Waals surface area contributed by atoms with Crippen molar-refractivity contribution in [3.63, 3.8) is 0 Å². The molecule has 0 amide bonds. The van der Waals surface area contributed by atoms with Gasteiger partial charge in [0.1, 0.15) is 5.75 Å². The first-order valence-corrected chi connectivity index (χ1v) is 7.53. The molecule has 19 heavy (non-hydrogen) atoms. The number of benzene rings is 1. The van der Waals surface area contributed by atoms with Crippen molar-refractivity contribution in [1.82, 2.24) is 10.2 Å². The zero-order valence-corrected chi connectivity index (χ0v) is 12.0. The largest absolute Gasteiger partial charge is 0.494 e. The molecular weight excluding hydrogens is 236 g/mol. The zero-order chi connectivity index (χ0) is 13.3. The van der Waals surface area contributed by atoms with E-state index in [-0.39, 0.29) is 0 Å². The summed E-state index contributed by atoms with van der Waals surface area (Å²) in [6, 6.07) is 8.37. The molecule has 0 atom stereocenters. The Kier molecular flexibility index (Phi) is 6.18. The predicted octanol–water partition coefficient (Wildman–Crippen LogP) is 2.66. The van der Waals surface area contributed by atoms with E-state index in [4.69, 9.17) is 4.74 Å². The van der Waals surface area contributed by atoms with Gasteiger partial charge in [-0.05, 0) is 50.6 Å². The molecule has 3 nitrogen and oxygen atoms in total. The number of hydrogen-bond donors (Lipinski definition) is 1. The van der Waals surface area contributed by atoms with E-state index >= 15 is 0 Å². The summed E-state index contributed by atoms with van der Waals surface area (Å²) in [4.78, 5) is 2.56. The monoisotopic (exact) mass is 262 g/mol. The van der Waals surface area contributed by atoms with Crippen molar-refractivity contribution < 1.29 is 4.74 Å². The van der Waals surface area contributed by atoms with Crippen molar-refractivity contribution in [3.8, 4) is 5.75 Å². The van der Waals surface area contributed by atoms with Gasteiger partial charge in [0.25, 0.3) is 0 Å². The first-order valence-electron chi connectivity index (χ1n) is 7.53. The molecular formula is C16H26N2O. The molecule has 1 fully saturated rings. The van der Waals surface area contributed by atoms with E-state index in [1.54, 1.807) is 0 Å². The van der Waals surface area contributed by atoms with Crippen LogP contribution in [-0.4, -0.2) is 37.7 Å². The molecule has 0 saturated carbocycles. The van der Waals surface area contributed by atoms with Crippen molar-refractivity contribution in [2.45, 2.75) is 32.7 Å². The van der Waals surface area contributed by atoms with Crippen molar-refractivity contribution in [1.29, 1.82) is 0 Å². The average molecular weight is 262 g/mol. The number of piperidine rings is 1. The average Bonchev–Trinajstić information content (AvgIpc) is 2.47. The molecule has 1 aliphatic heterocycles. The molecule has 0 spiro atoms. The lowest BCUT2D eigenvalue weighted by molar-refractivity contribution is 0.229. The van der Waals surface area contributed by atoms with E-state index in [9.17, 15) is 0 Å². The first-order chi connectivity index (χ1) is 9.38. The van der Waals surface area contributed by atoms with Crippen LogP contribution in [0.4, 0.5) is 0 Å². The van der Waals surface area contributed by atoms with Gasteiger partial charge in [0.05, 0.1) is 6.61 Å². The van der Waals surface area contributed by atoms with Gasteiger partial charge in [-0.25, -0.2) is 0 Å². The number of ether oxygens (including phenoxy) is 1. The summed E-state index contributed by atoms with van der Waals surface area (Å²) in [6.45, 7) is 8.50. The Hall–Kier alpha value is -1.06. The van der Waals surface area contributed by atoms with Crippen LogP contribution in [-0.2, 0) is 6.54 Å². The molecule has 0 bridgehead atoms. The maximum absolute atomic E-state index is 5.44. The molecule has 0 aromatic heterocycles. The lowest BCUT2D eigenvalue weighted by atomic mass is 10.1. The fourth-order valence-electron chi connectivity index (χ4n) is 2.52. The third-order valence-corrected chi connectivity index (χ3v) is 3.62. The minimum absolute atomic E-state index is 0.730.